The Labute approximate surface area is 121 Å². The van der Waals surface area contributed by atoms with E-state index in [9.17, 15) is 0 Å². The van der Waals surface area contributed by atoms with Crippen molar-refractivity contribution in [3.63, 3.8) is 0 Å². The second kappa shape index (κ2) is 8.97. The lowest BCUT2D eigenvalue weighted by Gasteiger charge is -2.42. The zero-order valence-electron chi connectivity index (χ0n) is 13.6. The van der Waals surface area contributed by atoms with Gasteiger partial charge in [-0.15, -0.1) is 0 Å². The van der Waals surface area contributed by atoms with Gasteiger partial charge in [-0.05, 0) is 32.6 Å². The Kier molecular flexibility index (Phi) is 8.01. The number of rotatable bonds is 10. The van der Waals surface area contributed by atoms with Gasteiger partial charge in [-0.1, -0.05) is 58.8 Å². The molecule has 0 saturated carbocycles. The molecule has 2 heteroatoms. The van der Waals surface area contributed by atoms with Crippen molar-refractivity contribution in [1.82, 2.24) is 4.90 Å². The van der Waals surface area contributed by atoms with Crippen LogP contribution in [-0.4, -0.2) is 23.1 Å². The first-order valence-electron chi connectivity index (χ1n) is 8.66. The van der Waals surface area contributed by atoms with Gasteiger partial charge in [0.1, 0.15) is 0 Å². The van der Waals surface area contributed by atoms with E-state index in [0.717, 1.165) is 0 Å². The highest BCUT2D eigenvalue weighted by Crippen LogP contribution is 2.33. The monoisotopic (exact) mass is 268 g/mol. The van der Waals surface area contributed by atoms with Gasteiger partial charge in [-0.3, -0.25) is 4.90 Å². The van der Waals surface area contributed by atoms with Crippen LogP contribution in [0.3, 0.4) is 0 Å². The first-order valence-corrected chi connectivity index (χ1v) is 8.66. The zero-order chi connectivity index (χ0) is 14.1. The Morgan fingerprint density at radius 1 is 1.00 bits per heavy atom. The molecular formula is C17H36N2. The summed E-state index contributed by atoms with van der Waals surface area (Å²) in [5.41, 5.74) is 6.69. The summed E-state index contributed by atoms with van der Waals surface area (Å²) in [7, 11) is 0. The lowest BCUT2D eigenvalue weighted by atomic mass is 9.86. The minimum absolute atomic E-state index is 0.317. The molecule has 1 fully saturated rings. The van der Waals surface area contributed by atoms with E-state index < -0.39 is 0 Å². The first-order chi connectivity index (χ1) is 9.14. The number of hydrogen-bond acceptors (Lipinski definition) is 2. The Bertz CT molecular complexity index is 229. The van der Waals surface area contributed by atoms with E-state index in [-0.39, 0.29) is 0 Å². The van der Waals surface area contributed by atoms with Crippen LogP contribution in [0, 0.1) is 0 Å². The van der Waals surface area contributed by atoms with Gasteiger partial charge in [0.25, 0.3) is 0 Å². The highest BCUT2D eigenvalue weighted by Gasteiger charge is 2.36. The summed E-state index contributed by atoms with van der Waals surface area (Å²) < 4.78 is 0. The number of unbranched alkanes of at least 4 members (excludes halogenated alkanes) is 5. The molecule has 0 aliphatic carbocycles. The molecule has 2 atom stereocenters. The summed E-state index contributed by atoms with van der Waals surface area (Å²) in [6.45, 7) is 8.27. The molecule has 0 bridgehead atoms. The molecule has 0 aromatic heterocycles. The molecular weight excluding hydrogens is 232 g/mol. The predicted octanol–water partition coefficient (Wildman–Crippen LogP) is 4.68. The van der Waals surface area contributed by atoms with E-state index >= 15 is 0 Å². The van der Waals surface area contributed by atoms with Crippen LogP contribution in [0.15, 0.2) is 0 Å². The van der Waals surface area contributed by atoms with Crippen molar-refractivity contribution >= 4 is 0 Å². The molecule has 0 aromatic rings. The second-order valence-corrected chi connectivity index (χ2v) is 6.67. The lowest BCUT2D eigenvalue weighted by molar-refractivity contribution is 0.0695. The first kappa shape index (κ1) is 17.0. The summed E-state index contributed by atoms with van der Waals surface area (Å²) in [6, 6.07) is 0. The normalized spacial score (nSPS) is 23.7. The summed E-state index contributed by atoms with van der Waals surface area (Å²) >= 11 is 0. The van der Waals surface area contributed by atoms with E-state index in [2.05, 4.69) is 25.7 Å². The van der Waals surface area contributed by atoms with Crippen molar-refractivity contribution in [3.05, 3.63) is 0 Å². The smallest absolute Gasteiger partial charge is 0.0577 e. The van der Waals surface area contributed by atoms with E-state index in [0.29, 0.717) is 11.7 Å². The van der Waals surface area contributed by atoms with Gasteiger partial charge < -0.3 is 5.73 Å². The predicted molar refractivity (Wildman–Crippen MR) is 85.2 cm³/mol. The highest BCUT2D eigenvalue weighted by molar-refractivity contribution is 4.91. The summed E-state index contributed by atoms with van der Waals surface area (Å²) in [4.78, 5) is 2.62. The molecule has 1 saturated heterocycles. The Morgan fingerprint density at radius 3 is 2.11 bits per heavy atom. The van der Waals surface area contributed by atoms with Crippen LogP contribution >= 0.6 is 0 Å². The Hall–Kier alpha value is -0.0800. The standard InChI is InChI=1S/C17H36N2/c1-4-6-8-10-14-17(3,13-9-7-5-2)19-15-11-12-16(19)18/h16H,4-15,18H2,1-3H3. The molecule has 1 heterocycles. The van der Waals surface area contributed by atoms with Crippen LogP contribution in [0.5, 0.6) is 0 Å². The maximum Gasteiger partial charge on any atom is 0.0577 e. The topological polar surface area (TPSA) is 29.3 Å². The van der Waals surface area contributed by atoms with Crippen molar-refractivity contribution in [2.24, 2.45) is 5.73 Å². The maximum absolute atomic E-state index is 6.33. The molecule has 2 unspecified atom stereocenters. The van der Waals surface area contributed by atoms with Crippen LogP contribution in [0.25, 0.3) is 0 Å². The third kappa shape index (κ3) is 5.43. The van der Waals surface area contributed by atoms with Crippen LogP contribution < -0.4 is 5.73 Å². The van der Waals surface area contributed by atoms with Crippen molar-refractivity contribution in [3.8, 4) is 0 Å². The molecule has 1 rings (SSSR count). The second-order valence-electron chi connectivity index (χ2n) is 6.67. The van der Waals surface area contributed by atoms with Crippen LogP contribution in [0.2, 0.25) is 0 Å². The lowest BCUT2D eigenvalue weighted by Crippen LogP contribution is -2.52. The van der Waals surface area contributed by atoms with Crippen molar-refractivity contribution < 1.29 is 0 Å². The quantitative estimate of drug-likeness (QED) is 0.583. The third-order valence-electron chi connectivity index (χ3n) is 4.88. The van der Waals surface area contributed by atoms with Gasteiger partial charge in [0.2, 0.25) is 0 Å². The summed E-state index contributed by atoms with van der Waals surface area (Å²) in [6.07, 6.45) is 15.0. The molecule has 0 aromatic carbocycles. The van der Waals surface area contributed by atoms with E-state index in [1.54, 1.807) is 0 Å². The summed E-state index contributed by atoms with van der Waals surface area (Å²) in [5.74, 6) is 0. The van der Waals surface area contributed by atoms with Crippen molar-refractivity contribution in [2.45, 2.75) is 103 Å². The van der Waals surface area contributed by atoms with Gasteiger partial charge in [0.05, 0.1) is 6.17 Å². The van der Waals surface area contributed by atoms with Gasteiger partial charge >= 0.3 is 0 Å². The maximum atomic E-state index is 6.33. The van der Waals surface area contributed by atoms with Gasteiger partial charge in [-0.2, -0.15) is 0 Å². The van der Waals surface area contributed by atoms with Crippen molar-refractivity contribution in [2.75, 3.05) is 6.54 Å². The Balaban J connectivity index is 2.50. The SMILES string of the molecule is CCCCCCC(C)(CCCCC)N1CCCC1N. The Morgan fingerprint density at radius 2 is 1.58 bits per heavy atom. The van der Waals surface area contributed by atoms with Gasteiger partial charge in [0.15, 0.2) is 0 Å². The van der Waals surface area contributed by atoms with Crippen LogP contribution in [0.1, 0.15) is 91.4 Å². The van der Waals surface area contributed by atoms with E-state index in [1.165, 1.54) is 77.2 Å². The van der Waals surface area contributed by atoms with E-state index in [1.807, 2.05) is 0 Å². The number of hydrogen-bond donors (Lipinski definition) is 1. The van der Waals surface area contributed by atoms with Gasteiger partial charge in [0, 0.05) is 12.1 Å². The summed E-state index contributed by atoms with van der Waals surface area (Å²) in [5, 5.41) is 0. The number of nitrogens with zero attached hydrogens (tertiary/aromatic N) is 1. The minimum Gasteiger partial charge on any atom is -0.316 e. The highest BCUT2D eigenvalue weighted by atomic mass is 15.3. The fraction of sp³-hybridized carbons (Fsp3) is 1.00. The third-order valence-corrected chi connectivity index (χ3v) is 4.88. The molecule has 114 valence electrons. The van der Waals surface area contributed by atoms with Crippen molar-refractivity contribution in [1.29, 1.82) is 0 Å². The zero-order valence-corrected chi connectivity index (χ0v) is 13.6. The van der Waals surface area contributed by atoms with E-state index in [4.69, 9.17) is 5.73 Å². The average molecular weight is 268 g/mol. The van der Waals surface area contributed by atoms with Crippen LogP contribution in [-0.2, 0) is 0 Å². The fourth-order valence-corrected chi connectivity index (χ4v) is 3.56. The van der Waals surface area contributed by atoms with Gasteiger partial charge in [-0.25, -0.2) is 0 Å². The average Bonchev–Trinajstić information content (AvgIpc) is 2.82. The molecule has 0 radical (unpaired) electrons. The molecule has 19 heavy (non-hydrogen) atoms. The number of nitrogens with two attached hydrogens (primary N) is 1. The number of likely N-dealkylation sites (tertiary alicyclic amines) is 1. The molecule has 2 N–H and O–H groups in total. The molecule has 1 aliphatic rings. The molecule has 0 amide bonds. The minimum atomic E-state index is 0.317. The molecule has 1 aliphatic heterocycles. The molecule has 0 spiro atoms. The van der Waals surface area contributed by atoms with Crippen LogP contribution in [0.4, 0.5) is 0 Å². The fourth-order valence-electron chi connectivity index (χ4n) is 3.56. The molecule has 2 nitrogen and oxygen atoms in total. The largest absolute Gasteiger partial charge is 0.316 e.